The molecule has 134 valence electrons. The number of hydrogen-bond acceptors (Lipinski definition) is 5. The lowest BCUT2D eigenvalue weighted by Crippen LogP contribution is -2.20. The van der Waals surface area contributed by atoms with Crippen LogP contribution in [-0.2, 0) is 11.2 Å². The molecule has 0 bridgehead atoms. The van der Waals surface area contributed by atoms with Gasteiger partial charge in [-0.2, -0.15) is 8.78 Å². The van der Waals surface area contributed by atoms with Gasteiger partial charge < -0.3 is 10.3 Å². The first kappa shape index (κ1) is 19.5. The van der Waals surface area contributed by atoms with Crippen LogP contribution in [-0.4, -0.2) is 27.9 Å². The maximum Gasteiger partial charge on any atom is 0.291 e. The van der Waals surface area contributed by atoms with E-state index in [4.69, 9.17) is 0 Å². The molecule has 5 nitrogen and oxygen atoms in total. The third-order valence-corrected chi connectivity index (χ3v) is 4.68. The van der Waals surface area contributed by atoms with E-state index in [2.05, 4.69) is 15.3 Å². The molecule has 0 spiro atoms. The number of aryl methyl sites for hydroxylation is 1. The third-order valence-electron chi connectivity index (χ3n) is 3.36. The average molecular weight is 385 g/mol. The zero-order valence-electron chi connectivity index (χ0n) is 13.6. The summed E-state index contributed by atoms with van der Waals surface area (Å²) in [6.45, 7) is 1.57. The number of amides is 1. The number of aromatic nitrogens is 2. The molecule has 0 aliphatic carbocycles. The van der Waals surface area contributed by atoms with Crippen molar-refractivity contribution in [1.29, 1.82) is 0 Å². The molecule has 0 radical (unpaired) electrons. The molecule has 0 saturated carbocycles. The van der Waals surface area contributed by atoms with Crippen LogP contribution in [0.5, 0.6) is 0 Å². The fourth-order valence-electron chi connectivity index (χ4n) is 2.18. The summed E-state index contributed by atoms with van der Waals surface area (Å²) in [6.07, 6.45) is 2.22. The fourth-order valence-corrected chi connectivity index (χ4v) is 3.15. The van der Waals surface area contributed by atoms with Crippen molar-refractivity contribution in [1.82, 2.24) is 9.97 Å². The molecule has 1 amide bonds. The number of carbonyl (C=O) groups is 1. The minimum Gasteiger partial charge on any atom is -0.326 e. The molecule has 1 aromatic carbocycles. The molecule has 0 aliphatic rings. The van der Waals surface area contributed by atoms with Gasteiger partial charge in [0, 0.05) is 28.3 Å². The van der Waals surface area contributed by atoms with E-state index >= 15 is 0 Å². The quantitative estimate of drug-likeness (QED) is 0.562. The Kier molecular flexibility index (Phi) is 7.01. The molecule has 0 saturated heterocycles. The summed E-state index contributed by atoms with van der Waals surface area (Å²) in [5.74, 6) is -2.89. The van der Waals surface area contributed by atoms with Crippen LogP contribution in [0.1, 0.15) is 17.7 Å². The van der Waals surface area contributed by atoms with E-state index in [0.717, 1.165) is 4.90 Å². The molecule has 1 aromatic heterocycles. The van der Waals surface area contributed by atoms with Crippen LogP contribution in [0.4, 0.5) is 14.5 Å². The van der Waals surface area contributed by atoms with Crippen LogP contribution in [0.15, 0.2) is 39.1 Å². The van der Waals surface area contributed by atoms with Gasteiger partial charge in [-0.05, 0) is 49.6 Å². The zero-order valence-corrected chi connectivity index (χ0v) is 15.3. The second-order valence-electron chi connectivity index (χ2n) is 5.09. The van der Waals surface area contributed by atoms with Crippen LogP contribution in [0.2, 0.25) is 0 Å². The van der Waals surface area contributed by atoms with Crippen LogP contribution >= 0.6 is 23.5 Å². The zero-order chi connectivity index (χ0) is 18.4. The average Bonchev–Trinajstić information content (AvgIpc) is 2.53. The van der Waals surface area contributed by atoms with Crippen LogP contribution in [0, 0.1) is 6.92 Å². The van der Waals surface area contributed by atoms with E-state index in [9.17, 15) is 18.4 Å². The van der Waals surface area contributed by atoms with Crippen molar-refractivity contribution < 1.29 is 13.6 Å². The Bertz CT molecular complexity index is 812. The number of anilines is 1. The van der Waals surface area contributed by atoms with Gasteiger partial charge in [0.15, 0.2) is 5.16 Å². The third kappa shape index (κ3) is 5.86. The number of halogens is 2. The maximum atomic E-state index is 12.3. The van der Waals surface area contributed by atoms with E-state index in [1.807, 2.05) is 24.5 Å². The molecule has 25 heavy (non-hydrogen) atoms. The Morgan fingerprint density at radius 3 is 2.80 bits per heavy atom. The van der Waals surface area contributed by atoms with Crippen molar-refractivity contribution >= 4 is 35.1 Å². The van der Waals surface area contributed by atoms with Gasteiger partial charge in [-0.25, -0.2) is 4.98 Å². The summed E-state index contributed by atoms with van der Waals surface area (Å²) >= 11 is 1.75. The van der Waals surface area contributed by atoms with Crippen LogP contribution < -0.4 is 10.9 Å². The van der Waals surface area contributed by atoms with Gasteiger partial charge in [-0.3, -0.25) is 9.59 Å². The normalized spacial score (nSPS) is 10.9. The first-order chi connectivity index (χ1) is 11.9. The summed E-state index contributed by atoms with van der Waals surface area (Å²) in [4.78, 5) is 31.4. The summed E-state index contributed by atoms with van der Waals surface area (Å²) < 4.78 is 24.7. The fraction of sp³-hybridized carbons (Fsp3) is 0.312. The Balaban J connectivity index is 2.00. The Morgan fingerprint density at radius 2 is 2.16 bits per heavy atom. The lowest BCUT2D eigenvalue weighted by Gasteiger charge is -2.08. The molecule has 9 heteroatoms. The van der Waals surface area contributed by atoms with E-state index in [1.54, 1.807) is 24.8 Å². The number of rotatable bonds is 7. The molecule has 2 rings (SSSR count). The van der Waals surface area contributed by atoms with Gasteiger partial charge in [-0.1, -0.05) is 6.07 Å². The summed E-state index contributed by atoms with van der Waals surface area (Å²) in [5, 5.41) is 2.65. The number of benzene rings is 1. The molecular weight excluding hydrogens is 368 g/mol. The first-order valence-corrected chi connectivity index (χ1v) is 9.48. The van der Waals surface area contributed by atoms with Crippen LogP contribution in [0.3, 0.4) is 0 Å². The molecular formula is C16H17F2N3O2S2. The minimum atomic E-state index is -2.66. The number of hydrogen-bond donors (Lipinski definition) is 2. The minimum absolute atomic E-state index is 0.0937. The summed E-state index contributed by atoms with van der Waals surface area (Å²) in [5.41, 5.74) is 0.868. The van der Waals surface area contributed by atoms with Gasteiger partial charge in [0.25, 0.3) is 11.3 Å². The van der Waals surface area contributed by atoms with Crippen molar-refractivity contribution in [3.8, 4) is 0 Å². The van der Waals surface area contributed by atoms with Crippen molar-refractivity contribution in [2.75, 3.05) is 11.6 Å². The lowest BCUT2D eigenvalue weighted by atomic mass is 10.1. The predicted molar refractivity (Wildman–Crippen MR) is 96.6 cm³/mol. The molecule has 2 N–H and O–H groups in total. The smallest absolute Gasteiger partial charge is 0.291 e. The highest BCUT2D eigenvalue weighted by Crippen LogP contribution is 2.21. The number of alkyl halides is 2. The van der Waals surface area contributed by atoms with Gasteiger partial charge in [0.05, 0.1) is 0 Å². The van der Waals surface area contributed by atoms with Crippen molar-refractivity contribution in [2.45, 2.75) is 35.6 Å². The van der Waals surface area contributed by atoms with Crippen molar-refractivity contribution in [3.63, 3.8) is 0 Å². The number of thioether (sulfide) groups is 2. The van der Waals surface area contributed by atoms with Gasteiger partial charge in [0.1, 0.15) is 0 Å². The Hall–Kier alpha value is -1.87. The molecule has 2 aromatic rings. The van der Waals surface area contributed by atoms with Crippen LogP contribution in [0.25, 0.3) is 0 Å². The number of carbonyl (C=O) groups excluding carboxylic acids is 1. The molecule has 1 heterocycles. The van der Waals surface area contributed by atoms with Crippen molar-refractivity contribution in [2.24, 2.45) is 0 Å². The maximum absolute atomic E-state index is 12.3. The topological polar surface area (TPSA) is 74.8 Å². The van der Waals surface area contributed by atoms with Crippen molar-refractivity contribution in [3.05, 3.63) is 45.9 Å². The highest BCUT2D eigenvalue weighted by atomic mass is 32.2. The number of aromatic amines is 1. The predicted octanol–water partition coefficient (Wildman–Crippen LogP) is 3.69. The van der Waals surface area contributed by atoms with E-state index in [1.165, 1.54) is 0 Å². The van der Waals surface area contributed by atoms with Gasteiger partial charge in [-0.15, -0.1) is 11.8 Å². The number of nitrogens with one attached hydrogen (secondary N) is 2. The number of nitrogens with zero attached hydrogens (tertiary/aromatic N) is 1. The Labute approximate surface area is 152 Å². The summed E-state index contributed by atoms with van der Waals surface area (Å²) in [7, 11) is 0. The summed E-state index contributed by atoms with van der Waals surface area (Å²) in [6, 6.07) is 7.43. The largest absolute Gasteiger partial charge is 0.326 e. The monoisotopic (exact) mass is 385 g/mol. The molecule has 0 atom stereocenters. The molecule has 0 fully saturated rings. The van der Waals surface area contributed by atoms with E-state index < -0.39 is 11.3 Å². The highest BCUT2D eigenvalue weighted by molar-refractivity contribution is 7.99. The van der Waals surface area contributed by atoms with Gasteiger partial charge in [0.2, 0.25) is 5.91 Å². The Morgan fingerprint density at radius 1 is 1.40 bits per heavy atom. The highest BCUT2D eigenvalue weighted by Gasteiger charge is 2.14. The van der Waals surface area contributed by atoms with E-state index in [-0.39, 0.29) is 35.7 Å². The number of H-pyrrole nitrogens is 1. The second kappa shape index (κ2) is 9.00. The molecule has 0 unspecified atom stereocenters. The molecule has 0 aliphatic heterocycles. The lowest BCUT2D eigenvalue weighted by molar-refractivity contribution is -0.116. The first-order valence-electron chi connectivity index (χ1n) is 7.37. The SMILES string of the molecule is CSc1cccc(NC(=O)CCc2c(C)nc(SC(F)F)[nH]c2=O)c1. The second-order valence-corrected chi connectivity index (χ2v) is 6.95. The van der Waals surface area contributed by atoms with E-state index in [0.29, 0.717) is 16.9 Å². The standard InChI is InChI=1S/C16H17F2N3O2S2/c1-9-12(14(23)21-16(19-9)25-15(17)18)6-7-13(22)20-10-4-3-5-11(8-10)24-2/h3-5,8,15H,6-7H2,1-2H3,(H,20,22)(H,19,21,23). The van der Waals surface area contributed by atoms with Gasteiger partial charge >= 0.3 is 0 Å².